The van der Waals surface area contributed by atoms with E-state index in [4.69, 9.17) is 5.11 Å². The molecule has 5 nitrogen and oxygen atoms in total. The molecule has 0 aliphatic carbocycles. The van der Waals surface area contributed by atoms with Crippen molar-refractivity contribution in [3.8, 4) is 0 Å². The number of carboxylic acids is 1. The molecule has 0 unspecified atom stereocenters. The minimum atomic E-state index is -1.05. The molecule has 0 atom stereocenters. The van der Waals surface area contributed by atoms with E-state index in [9.17, 15) is 9.59 Å². The minimum absolute atomic E-state index is 0.0758. The average Bonchev–Trinajstić information content (AvgIpc) is 2.76. The zero-order valence-corrected chi connectivity index (χ0v) is 11.3. The predicted molar refractivity (Wildman–Crippen MR) is 71.2 cm³/mol. The first-order chi connectivity index (χ1) is 8.56. The molecule has 2 heterocycles. The van der Waals surface area contributed by atoms with Crippen molar-refractivity contribution in [3.63, 3.8) is 0 Å². The van der Waals surface area contributed by atoms with Crippen LogP contribution in [0, 0.1) is 0 Å². The van der Waals surface area contributed by atoms with Gasteiger partial charge >= 0.3 is 5.97 Å². The van der Waals surface area contributed by atoms with E-state index in [-0.39, 0.29) is 11.5 Å². The number of carbonyl (C=O) groups excluding carboxylic acids is 1. The van der Waals surface area contributed by atoms with E-state index in [1.807, 2.05) is 0 Å². The summed E-state index contributed by atoms with van der Waals surface area (Å²) in [6.45, 7) is 0. The van der Waals surface area contributed by atoms with Crippen molar-refractivity contribution >= 4 is 45.0 Å². The van der Waals surface area contributed by atoms with Crippen LogP contribution < -0.4 is 5.32 Å². The Morgan fingerprint density at radius 2 is 2.06 bits per heavy atom. The van der Waals surface area contributed by atoms with Crippen LogP contribution in [0.15, 0.2) is 34.2 Å². The third-order valence-electron chi connectivity index (χ3n) is 2.05. The van der Waals surface area contributed by atoms with Crippen LogP contribution in [-0.4, -0.2) is 22.0 Å². The summed E-state index contributed by atoms with van der Waals surface area (Å²) >= 11 is 4.57. The number of thiophene rings is 1. The number of nitrogens with zero attached hydrogens (tertiary/aromatic N) is 1. The Balaban J connectivity index is 2.10. The number of rotatable bonds is 3. The summed E-state index contributed by atoms with van der Waals surface area (Å²) < 4.78 is 0.863. The second kappa shape index (κ2) is 5.28. The summed E-state index contributed by atoms with van der Waals surface area (Å²) in [5.74, 6) is -1.02. The lowest BCUT2D eigenvalue weighted by molar-refractivity contribution is 0.0696. The maximum Gasteiger partial charge on any atom is 0.337 e. The normalized spacial score (nSPS) is 10.1. The highest BCUT2D eigenvalue weighted by Crippen LogP contribution is 2.22. The summed E-state index contributed by atoms with van der Waals surface area (Å²) in [5, 5.41) is 11.3. The second-order valence-electron chi connectivity index (χ2n) is 3.30. The van der Waals surface area contributed by atoms with Crippen molar-refractivity contribution in [3.05, 3.63) is 44.7 Å². The molecule has 0 saturated heterocycles. The standard InChI is InChI=1S/C11H7BrN2O3S/c12-8-3-2-7(18-8)10(15)14-9-4-1-6(5-13-9)11(16)17/h1-5H,(H,16,17)(H,13,14,15). The molecule has 7 heteroatoms. The Morgan fingerprint density at radius 1 is 1.28 bits per heavy atom. The molecule has 2 N–H and O–H groups in total. The fourth-order valence-corrected chi connectivity index (χ4v) is 2.49. The number of nitrogens with one attached hydrogen (secondary N) is 1. The van der Waals surface area contributed by atoms with E-state index in [1.165, 1.54) is 29.7 Å². The highest BCUT2D eigenvalue weighted by atomic mass is 79.9. The molecule has 92 valence electrons. The number of hydrogen-bond acceptors (Lipinski definition) is 4. The van der Waals surface area contributed by atoms with E-state index in [0.29, 0.717) is 10.7 Å². The van der Waals surface area contributed by atoms with Crippen molar-refractivity contribution in [2.24, 2.45) is 0 Å². The Hall–Kier alpha value is -1.73. The maximum atomic E-state index is 11.8. The van der Waals surface area contributed by atoms with Gasteiger partial charge in [-0.1, -0.05) is 0 Å². The molecule has 2 aromatic rings. The first kappa shape index (κ1) is 12.7. The monoisotopic (exact) mass is 326 g/mol. The van der Waals surface area contributed by atoms with E-state index in [0.717, 1.165) is 3.79 Å². The van der Waals surface area contributed by atoms with Gasteiger partial charge in [0.15, 0.2) is 0 Å². The van der Waals surface area contributed by atoms with Crippen LogP contribution in [0.4, 0.5) is 5.82 Å². The van der Waals surface area contributed by atoms with Crippen LogP contribution in [0.25, 0.3) is 0 Å². The SMILES string of the molecule is O=C(O)c1ccc(NC(=O)c2ccc(Br)s2)nc1. The van der Waals surface area contributed by atoms with Gasteiger partial charge in [-0.3, -0.25) is 4.79 Å². The fourth-order valence-electron chi connectivity index (χ4n) is 1.21. The first-order valence-electron chi connectivity index (χ1n) is 4.82. The first-order valence-corrected chi connectivity index (χ1v) is 6.43. The Bertz CT molecular complexity index is 595. The number of anilines is 1. The quantitative estimate of drug-likeness (QED) is 0.908. The predicted octanol–water partition coefficient (Wildman–Crippen LogP) is 2.86. The third-order valence-corrected chi connectivity index (χ3v) is 3.67. The van der Waals surface area contributed by atoms with Gasteiger partial charge in [-0.2, -0.15) is 0 Å². The van der Waals surface area contributed by atoms with Crippen LogP contribution >= 0.6 is 27.3 Å². The molecule has 0 saturated carbocycles. The number of pyridine rings is 1. The largest absolute Gasteiger partial charge is 0.478 e. The molecule has 0 aliphatic heterocycles. The molecule has 0 spiro atoms. The number of amides is 1. The van der Waals surface area contributed by atoms with E-state index < -0.39 is 5.97 Å². The summed E-state index contributed by atoms with van der Waals surface area (Å²) in [4.78, 5) is 26.8. The zero-order valence-electron chi connectivity index (χ0n) is 8.88. The van der Waals surface area contributed by atoms with E-state index in [2.05, 4.69) is 26.2 Å². The van der Waals surface area contributed by atoms with Gasteiger partial charge in [0, 0.05) is 6.20 Å². The minimum Gasteiger partial charge on any atom is -0.478 e. The number of hydrogen-bond donors (Lipinski definition) is 2. The topological polar surface area (TPSA) is 79.3 Å². The molecule has 2 rings (SSSR count). The Labute approximate surface area is 115 Å². The third kappa shape index (κ3) is 2.93. The molecule has 0 aromatic carbocycles. The van der Waals surface area contributed by atoms with Gasteiger partial charge in [-0.25, -0.2) is 9.78 Å². The van der Waals surface area contributed by atoms with Gasteiger partial charge in [0.2, 0.25) is 0 Å². The zero-order chi connectivity index (χ0) is 13.1. The van der Waals surface area contributed by atoms with Crippen molar-refractivity contribution in [2.45, 2.75) is 0 Å². The van der Waals surface area contributed by atoms with Crippen molar-refractivity contribution in [1.82, 2.24) is 4.98 Å². The molecule has 0 aliphatic rings. The van der Waals surface area contributed by atoms with Gasteiger partial charge < -0.3 is 10.4 Å². The van der Waals surface area contributed by atoms with Crippen molar-refractivity contribution in [1.29, 1.82) is 0 Å². The molecule has 18 heavy (non-hydrogen) atoms. The number of carbonyl (C=O) groups is 2. The molecule has 0 radical (unpaired) electrons. The van der Waals surface area contributed by atoms with Gasteiger partial charge in [-0.15, -0.1) is 11.3 Å². The lowest BCUT2D eigenvalue weighted by Gasteiger charge is -2.02. The molecular weight excluding hydrogens is 320 g/mol. The van der Waals surface area contributed by atoms with Gasteiger partial charge in [0.05, 0.1) is 14.2 Å². The van der Waals surface area contributed by atoms with Gasteiger partial charge in [0.1, 0.15) is 5.82 Å². The van der Waals surface area contributed by atoms with Gasteiger partial charge in [0.25, 0.3) is 5.91 Å². The van der Waals surface area contributed by atoms with Crippen LogP contribution in [0.5, 0.6) is 0 Å². The van der Waals surface area contributed by atoms with Crippen molar-refractivity contribution < 1.29 is 14.7 Å². The highest BCUT2D eigenvalue weighted by Gasteiger charge is 2.10. The number of halogens is 1. The molecule has 2 aromatic heterocycles. The van der Waals surface area contributed by atoms with Crippen LogP contribution in [0.3, 0.4) is 0 Å². The summed E-state index contributed by atoms with van der Waals surface area (Å²) in [6.07, 6.45) is 1.20. The van der Waals surface area contributed by atoms with Gasteiger partial charge in [-0.05, 0) is 40.2 Å². The highest BCUT2D eigenvalue weighted by molar-refractivity contribution is 9.11. The lowest BCUT2D eigenvalue weighted by Crippen LogP contribution is -2.11. The van der Waals surface area contributed by atoms with E-state index >= 15 is 0 Å². The smallest absolute Gasteiger partial charge is 0.337 e. The van der Waals surface area contributed by atoms with Crippen LogP contribution in [0.1, 0.15) is 20.0 Å². The van der Waals surface area contributed by atoms with Crippen LogP contribution in [0.2, 0.25) is 0 Å². The number of carboxylic acid groups (broad SMARTS) is 1. The van der Waals surface area contributed by atoms with E-state index in [1.54, 1.807) is 12.1 Å². The lowest BCUT2D eigenvalue weighted by atomic mass is 10.3. The molecule has 1 amide bonds. The fraction of sp³-hybridized carbons (Fsp3) is 0. The maximum absolute atomic E-state index is 11.8. The second-order valence-corrected chi connectivity index (χ2v) is 5.76. The summed E-state index contributed by atoms with van der Waals surface area (Å²) in [5.41, 5.74) is 0.0758. The average molecular weight is 327 g/mol. The molecular formula is C11H7BrN2O3S. The Kier molecular flexibility index (Phi) is 3.73. The summed E-state index contributed by atoms with van der Waals surface area (Å²) in [6, 6.07) is 6.30. The molecule has 0 bridgehead atoms. The molecule has 0 fully saturated rings. The van der Waals surface area contributed by atoms with Crippen molar-refractivity contribution in [2.75, 3.05) is 5.32 Å². The number of aromatic nitrogens is 1. The summed E-state index contributed by atoms with van der Waals surface area (Å²) in [7, 11) is 0. The van der Waals surface area contributed by atoms with Crippen LogP contribution in [-0.2, 0) is 0 Å². The number of aromatic carboxylic acids is 1. The Morgan fingerprint density at radius 3 is 2.56 bits per heavy atom.